The zero-order valence-corrected chi connectivity index (χ0v) is 16.2. The molecule has 3 rings (SSSR count). The lowest BCUT2D eigenvalue weighted by atomic mass is 10.1. The second-order valence-electron chi connectivity index (χ2n) is 7.14. The van der Waals surface area contributed by atoms with Gasteiger partial charge in [-0.15, -0.1) is 0 Å². The maximum atomic E-state index is 12.7. The summed E-state index contributed by atoms with van der Waals surface area (Å²) in [6.45, 7) is 5.75. The van der Waals surface area contributed by atoms with Crippen LogP contribution in [-0.2, 0) is 18.3 Å². The number of benzene rings is 1. The molecule has 0 bridgehead atoms. The smallest absolute Gasteiger partial charge is 0.248 e. The maximum Gasteiger partial charge on any atom is 0.248 e. The highest BCUT2D eigenvalue weighted by molar-refractivity contribution is 6.00. The summed E-state index contributed by atoms with van der Waals surface area (Å²) in [4.78, 5) is 26.6. The van der Waals surface area contributed by atoms with E-state index in [2.05, 4.69) is 15.3 Å². The lowest BCUT2D eigenvalue weighted by Gasteiger charge is -2.30. The standard InChI is InChI=1S/C20H27N5O2/c1-13-16(14(2)24(3)23-13)12-19(26)22-17-11-15(20(21)27)7-8-18(17)25-9-5-4-6-10-25/h7-8,11H,4-6,9-10,12H2,1-3H3,(H2,21,27)(H,22,26). The SMILES string of the molecule is Cc1nn(C)c(C)c1CC(=O)Nc1cc(C(N)=O)ccc1N1CCCCC1. The Morgan fingerprint density at radius 1 is 1.19 bits per heavy atom. The lowest BCUT2D eigenvalue weighted by Crippen LogP contribution is -2.30. The van der Waals surface area contributed by atoms with Gasteiger partial charge in [-0.3, -0.25) is 14.3 Å². The summed E-state index contributed by atoms with van der Waals surface area (Å²) in [7, 11) is 1.87. The monoisotopic (exact) mass is 369 g/mol. The number of nitrogens with two attached hydrogens (primary N) is 1. The van der Waals surface area contributed by atoms with E-state index in [0.29, 0.717) is 11.3 Å². The highest BCUT2D eigenvalue weighted by Crippen LogP contribution is 2.30. The molecule has 2 amide bonds. The first-order chi connectivity index (χ1) is 12.9. The number of carbonyl (C=O) groups is 2. The van der Waals surface area contributed by atoms with Crippen LogP contribution in [0.25, 0.3) is 0 Å². The molecule has 1 aliphatic heterocycles. The molecule has 1 aromatic heterocycles. The van der Waals surface area contributed by atoms with Gasteiger partial charge >= 0.3 is 0 Å². The Labute approximate surface area is 159 Å². The maximum absolute atomic E-state index is 12.7. The Bertz CT molecular complexity index is 865. The molecule has 3 N–H and O–H groups in total. The highest BCUT2D eigenvalue weighted by Gasteiger charge is 2.19. The van der Waals surface area contributed by atoms with E-state index in [1.807, 2.05) is 27.0 Å². The van der Waals surface area contributed by atoms with Gasteiger partial charge < -0.3 is 16.0 Å². The van der Waals surface area contributed by atoms with Gasteiger partial charge in [0, 0.05) is 37.0 Å². The number of nitrogens with zero attached hydrogens (tertiary/aromatic N) is 3. The minimum atomic E-state index is -0.505. The molecule has 1 fully saturated rings. The molecule has 0 spiro atoms. The van der Waals surface area contributed by atoms with Gasteiger partial charge in [-0.05, 0) is 51.3 Å². The quantitative estimate of drug-likeness (QED) is 0.846. The number of carbonyl (C=O) groups excluding carboxylic acids is 2. The van der Waals surface area contributed by atoms with E-state index in [0.717, 1.165) is 48.6 Å². The van der Waals surface area contributed by atoms with Gasteiger partial charge in [0.25, 0.3) is 0 Å². The number of nitrogens with one attached hydrogen (secondary N) is 1. The average Bonchev–Trinajstić information content (AvgIpc) is 2.88. The van der Waals surface area contributed by atoms with Crippen molar-refractivity contribution in [3.63, 3.8) is 0 Å². The van der Waals surface area contributed by atoms with E-state index in [1.54, 1.807) is 16.8 Å². The number of anilines is 2. The third-order valence-corrected chi connectivity index (χ3v) is 5.25. The Kier molecular flexibility index (Phi) is 5.48. The third-order valence-electron chi connectivity index (χ3n) is 5.25. The minimum Gasteiger partial charge on any atom is -0.370 e. The van der Waals surface area contributed by atoms with E-state index in [4.69, 9.17) is 5.73 Å². The van der Waals surface area contributed by atoms with E-state index in [9.17, 15) is 9.59 Å². The molecule has 0 radical (unpaired) electrons. The topological polar surface area (TPSA) is 93.2 Å². The van der Waals surface area contributed by atoms with Crippen LogP contribution < -0.4 is 16.0 Å². The molecule has 0 atom stereocenters. The van der Waals surface area contributed by atoms with Crippen LogP contribution in [-0.4, -0.2) is 34.7 Å². The zero-order valence-electron chi connectivity index (χ0n) is 16.2. The van der Waals surface area contributed by atoms with Crippen LogP contribution in [0.5, 0.6) is 0 Å². The van der Waals surface area contributed by atoms with Crippen LogP contribution >= 0.6 is 0 Å². The van der Waals surface area contributed by atoms with Gasteiger partial charge in [0.2, 0.25) is 11.8 Å². The van der Waals surface area contributed by atoms with Crippen molar-refractivity contribution in [2.24, 2.45) is 12.8 Å². The summed E-state index contributed by atoms with van der Waals surface area (Å²) >= 11 is 0. The molecule has 0 saturated carbocycles. The van der Waals surface area contributed by atoms with E-state index in [1.165, 1.54) is 6.42 Å². The average molecular weight is 369 g/mol. The highest BCUT2D eigenvalue weighted by atomic mass is 16.2. The Balaban J connectivity index is 1.85. The van der Waals surface area contributed by atoms with Crippen LogP contribution in [0.3, 0.4) is 0 Å². The fourth-order valence-electron chi connectivity index (χ4n) is 3.63. The van der Waals surface area contributed by atoms with Crippen molar-refractivity contribution in [3.8, 4) is 0 Å². The number of aromatic nitrogens is 2. The number of hydrogen-bond donors (Lipinski definition) is 2. The Morgan fingerprint density at radius 3 is 2.48 bits per heavy atom. The first-order valence-corrected chi connectivity index (χ1v) is 9.34. The van der Waals surface area contributed by atoms with Gasteiger partial charge in [-0.2, -0.15) is 5.10 Å². The molecular formula is C20H27N5O2. The molecule has 1 aliphatic rings. The first-order valence-electron chi connectivity index (χ1n) is 9.34. The molecule has 7 nitrogen and oxygen atoms in total. The number of hydrogen-bond acceptors (Lipinski definition) is 4. The number of primary amides is 1. The zero-order chi connectivity index (χ0) is 19.6. The van der Waals surface area contributed by atoms with Gasteiger partial charge in [-0.25, -0.2) is 0 Å². The predicted molar refractivity (Wildman–Crippen MR) is 106 cm³/mol. The minimum absolute atomic E-state index is 0.130. The second kappa shape index (κ2) is 7.82. The molecule has 7 heteroatoms. The molecule has 1 saturated heterocycles. The summed E-state index contributed by atoms with van der Waals surface area (Å²) in [6.07, 6.45) is 3.71. The number of aryl methyl sites for hydroxylation is 2. The van der Waals surface area contributed by atoms with Gasteiger partial charge in [0.15, 0.2) is 0 Å². The summed E-state index contributed by atoms with van der Waals surface area (Å²) in [5, 5.41) is 7.36. The molecule has 0 unspecified atom stereocenters. The molecule has 144 valence electrons. The van der Waals surface area contributed by atoms with Gasteiger partial charge in [0.1, 0.15) is 0 Å². The Morgan fingerprint density at radius 2 is 1.89 bits per heavy atom. The van der Waals surface area contributed by atoms with Crippen LogP contribution in [0.4, 0.5) is 11.4 Å². The molecule has 2 aromatic rings. The van der Waals surface area contributed by atoms with Gasteiger partial charge in [-0.1, -0.05) is 0 Å². The third kappa shape index (κ3) is 4.13. The number of rotatable bonds is 5. The van der Waals surface area contributed by atoms with Crippen LogP contribution in [0.1, 0.15) is 46.6 Å². The number of amides is 2. The van der Waals surface area contributed by atoms with Crippen molar-refractivity contribution >= 4 is 23.2 Å². The van der Waals surface area contributed by atoms with Crippen LogP contribution in [0.15, 0.2) is 18.2 Å². The largest absolute Gasteiger partial charge is 0.370 e. The fourth-order valence-corrected chi connectivity index (χ4v) is 3.63. The first kappa shape index (κ1) is 18.9. The summed E-state index contributed by atoms with van der Waals surface area (Å²) in [5.74, 6) is -0.635. The van der Waals surface area contributed by atoms with Crippen molar-refractivity contribution in [1.82, 2.24) is 9.78 Å². The molecule has 2 heterocycles. The normalized spacial score (nSPS) is 14.3. The van der Waals surface area contributed by atoms with Crippen LogP contribution in [0.2, 0.25) is 0 Å². The fraction of sp³-hybridized carbons (Fsp3) is 0.450. The van der Waals surface area contributed by atoms with Gasteiger partial charge in [0.05, 0.1) is 23.5 Å². The molecule has 27 heavy (non-hydrogen) atoms. The van der Waals surface area contributed by atoms with E-state index < -0.39 is 5.91 Å². The van der Waals surface area contributed by atoms with E-state index >= 15 is 0 Å². The molecule has 1 aromatic carbocycles. The summed E-state index contributed by atoms with van der Waals surface area (Å²) in [6, 6.07) is 5.27. The van der Waals surface area contributed by atoms with E-state index in [-0.39, 0.29) is 12.3 Å². The van der Waals surface area contributed by atoms with Crippen molar-refractivity contribution in [2.45, 2.75) is 39.5 Å². The van der Waals surface area contributed by atoms with Crippen molar-refractivity contribution in [1.29, 1.82) is 0 Å². The van der Waals surface area contributed by atoms with Crippen LogP contribution in [0, 0.1) is 13.8 Å². The van der Waals surface area contributed by atoms with Crippen molar-refractivity contribution in [2.75, 3.05) is 23.3 Å². The predicted octanol–water partition coefficient (Wildman–Crippen LogP) is 2.31. The van der Waals surface area contributed by atoms with Crippen molar-refractivity contribution < 1.29 is 9.59 Å². The number of piperidine rings is 1. The van der Waals surface area contributed by atoms with Crippen molar-refractivity contribution in [3.05, 3.63) is 40.7 Å². The summed E-state index contributed by atoms with van der Waals surface area (Å²) < 4.78 is 1.78. The molecule has 0 aliphatic carbocycles. The lowest BCUT2D eigenvalue weighted by molar-refractivity contribution is -0.115. The summed E-state index contributed by atoms with van der Waals surface area (Å²) in [5.41, 5.74) is 10.2. The second-order valence-corrected chi connectivity index (χ2v) is 7.14. The Hall–Kier alpha value is -2.83. The molecular weight excluding hydrogens is 342 g/mol.